The molecule has 0 bridgehead atoms. The molecule has 0 amide bonds. The summed E-state index contributed by atoms with van der Waals surface area (Å²) in [5, 5.41) is 1.05. The standard InChI is InChI=1S/C20H20N4O2/c1-24(9-10-26-2)14-7-8-16-17(12-14)23-20(25)19(22-16)18-11-13-5-3-4-6-15(13)21-18/h3-8,11-12,21H,9-10H2,1-2H3,(H,23,25). The summed E-state index contributed by atoms with van der Waals surface area (Å²) in [7, 11) is 3.67. The van der Waals surface area contributed by atoms with Crippen molar-refractivity contribution in [3.05, 3.63) is 58.9 Å². The van der Waals surface area contributed by atoms with Crippen molar-refractivity contribution in [2.45, 2.75) is 0 Å². The minimum absolute atomic E-state index is 0.208. The van der Waals surface area contributed by atoms with Crippen molar-refractivity contribution in [1.82, 2.24) is 15.0 Å². The van der Waals surface area contributed by atoms with Crippen LogP contribution >= 0.6 is 0 Å². The Bertz CT molecular complexity index is 1100. The highest BCUT2D eigenvalue weighted by atomic mass is 16.5. The number of methoxy groups -OCH3 is 1. The molecule has 0 saturated carbocycles. The Balaban J connectivity index is 1.76. The van der Waals surface area contributed by atoms with Gasteiger partial charge in [0.25, 0.3) is 5.56 Å². The molecule has 0 aliphatic carbocycles. The Kier molecular flexibility index (Phi) is 4.18. The second-order valence-corrected chi connectivity index (χ2v) is 6.30. The molecule has 0 aliphatic rings. The van der Waals surface area contributed by atoms with Gasteiger partial charge in [-0.25, -0.2) is 4.98 Å². The fraction of sp³-hybridized carbons (Fsp3) is 0.200. The molecule has 2 heterocycles. The fourth-order valence-corrected chi connectivity index (χ4v) is 3.05. The number of ether oxygens (including phenoxy) is 1. The van der Waals surface area contributed by atoms with Gasteiger partial charge in [-0.2, -0.15) is 0 Å². The molecule has 132 valence electrons. The van der Waals surface area contributed by atoms with E-state index in [0.717, 1.165) is 39.9 Å². The average Bonchev–Trinajstić information content (AvgIpc) is 3.09. The summed E-state index contributed by atoms with van der Waals surface area (Å²) in [6.45, 7) is 1.41. The van der Waals surface area contributed by atoms with Gasteiger partial charge in [-0.1, -0.05) is 18.2 Å². The molecular weight excluding hydrogens is 328 g/mol. The lowest BCUT2D eigenvalue weighted by molar-refractivity contribution is 0.206. The van der Waals surface area contributed by atoms with Gasteiger partial charge in [0, 0.05) is 37.3 Å². The zero-order valence-corrected chi connectivity index (χ0v) is 14.7. The predicted octanol–water partition coefficient (Wildman–Crippen LogP) is 3.15. The van der Waals surface area contributed by atoms with Gasteiger partial charge in [-0.05, 0) is 30.3 Å². The quantitative estimate of drug-likeness (QED) is 0.581. The minimum Gasteiger partial charge on any atom is -0.383 e. The maximum atomic E-state index is 12.6. The topological polar surface area (TPSA) is 74.0 Å². The van der Waals surface area contributed by atoms with Gasteiger partial charge in [0.15, 0.2) is 5.69 Å². The molecule has 0 unspecified atom stereocenters. The number of likely N-dealkylation sites (N-methyl/N-ethyl adjacent to an activating group) is 1. The van der Waals surface area contributed by atoms with Crippen LogP contribution in [0.25, 0.3) is 33.3 Å². The second kappa shape index (κ2) is 6.65. The monoisotopic (exact) mass is 348 g/mol. The zero-order valence-electron chi connectivity index (χ0n) is 14.7. The van der Waals surface area contributed by atoms with Gasteiger partial charge < -0.3 is 19.6 Å². The second-order valence-electron chi connectivity index (χ2n) is 6.30. The van der Waals surface area contributed by atoms with Gasteiger partial charge in [0.1, 0.15) is 0 Å². The van der Waals surface area contributed by atoms with E-state index in [1.807, 2.05) is 55.6 Å². The smallest absolute Gasteiger partial charge is 0.276 e. The highest BCUT2D eigenvalue weighted by Crippen LogP contribution is 2.23. The van der Waals surface area contributed by atoms with Gasteiger partial charge in [-0.15, -0.1) is 0 Å². The maximum absolute atomic E-state index is 12.6. The van der Waals surface area contributed by atoms with Crippen LogP contribution < -0.4 is 10.5 Å². The third-order valence-electron chi connectivity index (χ3n) is 4.53. The molecular formula is C20H20N4O2. The number of nitrogens with zero attached hydrogens (tertiary/aromatic N) is 2. The third-order valence-corrected chi connectivity index (χ3v) is 4.53. The van der Waals surface area contributed by atoms with E-state index in [1.165, 1.54) is 0 Å². The molecule has 4 rings (SSSR count). The van der Waals surface area contributed by atoms with Crippen molar-refractivity contribution in [1.29, 1.82) is 0 Å². The first-order valence-electron chi connectivity index (χ1n) is 8.48. The van der Waals surface area contributed by atoms with E-state index in [1.54, 1.807) is 7.11 Å². The van der Waals surface area contributed by atoms with E-state index in [4.69, 9.17) is 4.74 Å². The van der Waals surface area contributed by atoms with Gasteiger partial charge >= 0.3 is 0 Å². The Labute approximate surface area is 150 Å². The summed E-state index contributed by atoms with van der Waals surface area (Å²) >= 11 is 0. The van der Waals surface area contributed by atoms with E-state index in [9.17, 15) is 4.79 Å². The summed E-state index contributed by atoms with van der Waals surface area (Å²) < 4.78 is 5.11. The van der Waals surface area contributed by atoms with Crippen LogP contribution in [-0.4, -0.2) is 42.3 Å². The Morgan fingerprint density at radius 1 is 1.08 bits per heavy atom. The highest BCUT2D eigenvalue weighted by Gasteiger charge is 2.11. The SMILES string of the molecule is COCCN(C)c1ccc2nc(-c3cc4ccccc4[nH]3)c(=O)[nH]c2c1. The summed E-state index contributed by atoms with van der Waals surface area (Å²) in [4.78, 5) is 25.5. The number of aromatic amines is 2. The van der Waals surface area contributed by atoms with Crippen molar-refractivity contribution in [3.8, 4) is 11.4 Å². The number of benzene rings is 2. The maximum Gasteiger partial charge on any atom is 0.276 e. The van der Waals surface area contributed by atoms with Crippen LogP contribution in [0.1, 0.15) is 0 Å². The molecule has 0 saturated heterocycles. The number of fused-ring (bicyclic) bond motifs is 2. The minimum atomic E-state index is -0.208. The molecule has 2 N–H and O–H groups in total. The fourth-order valence-electron chi connectivity index (χ4n) is 3.05. The van der Waals surface area contributed by atoms with E-state index in [0.29, 0.717) is 12.3 Å². The molecule has 4 aromatic rings. The molecule has 6 heteroatoms. The zero-order chi connectivity index (χ0) is 18.1. The summed E-state index contributed by atoms with van der Waals surface area (Å²) in [6, 6.07) is 15.7. The van der Waals surface area contributed by atoms with Crippen LogP contribution in [0.4, 0.5) is 5.69 Å². The van der Waals surface area contributed by atoms with E-state index in [-0.39, 0.29) is 5.56 Å². The van der Waals surface area contributed by atoms with Crippen LogP contribution in [-0.2, 0) is 4.74 Å². The summed E-state index contributed by atoms with van der Waals surface area (Å²) in [5.74, 6) is 0. The first-order chi connectivity index (χ1) is 12.7. The van der Waals surface area contributed by atoms with Crippen molar-refractivity contribution >= 4 is 27.6 Å². The van der Waals surface area contributed by atoms with Crippen LogP contribution in [0.15, 0.2) is 53.3 Å². The lowest BCUT2D eigenvalue weighted by Gasteiger charge is -2.19. The first-order valence-corrected chi connectivity index (χ1v) is 8.48. The van der Waals surface area contributed by atoms with E-state index in [2.05, 4.69) is 19.9 Å². The molecule has 2 aromatic heterocycles. The Morgan fingerprint density at radius 3 is 2.73 bits per heavy atom. The third kappa shape index (κ3) is 2.95. The Morgan fingerprint density at radius 2 is 1.92 bits per heavy atom. The number of para-hydroxylation sites is 1. The van der Waals surface area contributed by atoms with Crippen LogP contribution in [0.5, 0.6) is 0 Å². The van der Waals surface area contributed by atoms with Gasteiger partial charge in [0.05, 0.1) is 23.3 Å². The molecule has 6 nitrogen and oxygen atoms in total. The molecule has 0 aliphatic heterocycles. The largest absolute Gasteiger partial charge is 0.383 e. The molecule has 0 spiro atoms. The molecule has 26 heavy (non-hydrogen) atoms. The number of nitrogens with one attached hydrogen (secondary N) is 2. The van der Waals surface area contributed by atoms with Crippen LogP contribution in [0.3, 0.4) is 0 Å². The van der Waals surface area contributed by atoms with Crippen LogP contribution in [0, 0.1) is 0 Å². The van der Waals surface area contributed by atoms with Crippen molar-refractivity contribution in [3.63, 3.8) is 0 Å². The molecule has 0 fully saturated rings. The van der Waals surface area contributed by atoms with Crippen molar-refractivity contribution < 1.29 is 4.74 Å². The molecule has 0 atom stereocenters. The van der Waals surface area contributed by atoms with Crippen LogP contribution in [0.2, 0.25) is 0 Å². The first kappa shape index (κ1) is 16.4. The lowest BCUT2D eigenvalue weighted by atomic mass is 10.2. The Hall–Kier alpha value is -3.12. The number of rotatable bonds is 5. The van der Waals surface area contributed by atoms with E-state index < -0.39 is 0 Å². The average molecular weight is 348 g/mol. The number of anilines is 1. The van der Waals surface area contributed by atoms with Crippen molar-refractivity contribution in [2.75, 3.05) is 32.2 Å². The number of hydrogen-bond donors (Lipinski definition) is 2. The summed E-state index contributed by atoms with van der Waals surface area (Å²) in [5.41, 5.74) is 4.37. The predicted molar refractivity (Wildman–Crippen MR) is 105 cm³/mol. The number of H-pyrrole nitrogens is 2. The van der Waals surface area contributed by atoms with Gasteiger partial charge in [-0.3, -0.25) is 4.79 Å². The normalized spacial score (nSPS) is 11.3. The molecule has 0 radical (unpaired) electrons. The van der Waals surface area contributed by atoms with Gasteiger partial charge in [0.2, 0.25) is 0 Å². The number of aromatic nitrogens is 3. The molecule has 2 aromatic carbocycles. The number of hydrogen-bond acceptors (Lipinski definition) is 4. The highest BCUT2D eigenvalue weighted by molar-refractivity contribution is 5.86. The van der Waals surface area contributed by atoms with Crippen molar-refractivity contribution in [2.24, 2.45) is 0 Å². The van der Waals surface area contributed by atoms with E-state index >= 15 is 0 Å². The lowest BCUT2D eigenvalue weighted by Crippen LogP contribution is -2.22. The summed E-state index contributed by atoms with van der Waals surface area (Å²) in [6.07, 6.45) is 0.